The summed E-state index contributed by atoms with van der Waals surface area (Å²) in [6.45, 7) is 25.6. The highest BCUT2D eigenvalue weighted by molar-refractivity contribution is 6.02. The second kappa shape index (κ2) is 16.6. The number of aliphatic hydroxyl groups is 1. The molecule has 1 heterocycles. The second-order valence-corrected chi connectivity index (χ2v) is 24.9. The Balaban J connectivity index is 1.15. The summed E-state index contributed by atoms with van der Waals surface area (Å²) in [5, 5.41) is 13.2. The van der Waals surface area contributed by atoms with Gasteiger partial charge in [0.2, 0.25) is 0 Å². The Kier molecular flexibility index (Phi) is 12.2. The van der Waals surface area contributed by atoms with Crippen molar-refractivity contribution in [3.63, 3.8) is 0 Å². The van der Waals surface area contributed by atoms with Crippen molar-refractivity contribution in [2.24, 2.45) is 73.9 Å². The lowest BCUT2D eigenvalue weighted by molar-refractivity contribution is -0.172. The van der Waals surface area contributed by atoms with Crippen molar-refractivity contribution in [3.8, 4) is 0 Å². The maximum Gasteiger partial charge on any atom is 0.339 e. The summed E-state index contributed by atoms with van der Waals surface area (Å²) < 4.78 is 5.69. The van der Waals surface area contributed by atoms with Gasteiger partial charge < -0.3 is 9.52 Å². The molecule has 12 atom stereocenters. The molecule has 1 aromatic rings. The first-order valence-corrected chi connectivity index (χ1v) is 25.5. The number of allylic oxidation sites excluding steroid dienone is 9. The molecule has 7 aliphatic rings. The van der Waals surface area contributed by atoms with Gasteiger partial charge in [-0.1, -0.05) is 85.8 Å². The summed E-state index contributed by atoms with van der Waals surface area (Å²) in [5.41, 5.74) is -1.47. The van der Waals surface area contributed by atoms with Gasteiger partial charge >= 0.3 is 5.63 Å². The Morgan fingerprint density at radius 3 is 1.90 bits per heavy atom. The van der Waals surface area contributed by atoms with Crippen molar-refractivity contribution >= 4 is 40.3 Å². The maximum atomic E-state index is 15.0. The van der Waals surface area contributed by atoms with Crippen LogP contribution in [0.4, 0.5) is 0 Å². The molecule has 0 unspecified atom stereocenters. The monoisotopic (exact) mass is 929 g/mol. The van der Waals surface area contributed by atoms with Gasteiger partial charge in [0.1, 0.15) is 28.7 Å². The minimum atomic E-state index is -1.90. The zero-order valence-electron chi connectivity index (χ0n) is 43.1. The van der Waals surface area contributed by atoms with Crippen molar-refractivity contribution in [2.75, 3.05) is 0 Å². The van der Waals surface area contributed by atoms with Gasteiger partial charge in [0.15, 0.2) is 17.3 Å². The number of hydrogen-bond donors (Lipinski definition) is 1. The Bertz CT molecular complexity index is 2630. The molecule has 1 N–H and O–H groups in total. The molecule has 9 heteroatoms. The number of rotatable bonds is 8. The van der Waals surface area contributed by atoms with E-state index in [1.807, 2.05) is 52.0 Å². The van der Waals surface area contributed by atoms with E-state index >= 15 is 4.79 Å². The van der Waals surface area contributed by atoms with E-state index in [1.54, 1.807) is 39.0 Å². The number of Topliss-reactive ketones (excluding diaryl/α,β-unsaturated/α-hetero) is 6. The summed E-state index contributed by atoms with van der Waals surface area (Å²) in [7, 11) is 0. The fourth-order valence-electron chi connectivity index (χ4n) is 16.9. The van der Waals surface area contributed by atoms with Crippen molar-refractivity contribution in [1.29, 1.82) is 0 Å². The number of carbonyl (C=O) groups excluding carboxylic acids is 6. The first-order chi connectivity index (χ1) is 31.5. The predicted molar refractivity (Wildman–Crippen MR) is 263 cm³/mol. The van der Waals surface area contributed by atoms with Crippen LogP contribution in [0.2, 0.25) is 0 Å². The van der Waals surface area contributed by atoms with Gasteiger partial charge in [-0.2, -0.15) is 0 Å². The molecule has 0 amide bonds. The van der Waals surface area contributed by atoms with Gasteiger partial charge in [-0.15, -0.1) is 0 Å². The average Bonchev–Trinajstić information content (AvgIpc) is 3.67. The largest absolute Gasteiger partial charge is 0.423 e. The molecule has 6 saturated carbocycles. The molecule has 6 fully saturated rings. The van der Waals surface area contributed by atoms with Crippen LogP contribution >= 0.6 is 0 Å². The van der Waals surface area contributed by atoms with Gasteiger partial charge in [-0.25, -0.2) is 4.79 Å². The summed E-state index contributed by atoms with van der Waals surface area (Å²) >= 11 is 0. The molecular weight excluding hydrogens is 853 g/mol. The Morgan fingerprint density at radius 2 is 1.31 bits per heavy atom. The van der Waals surface area contributed by atoms with Gasteiger partial charge in [0.05, 0.1) is 0 Å². The zero-order valence-corrected chi connectivity index (χ0v) is 43.1. The lowest BCUT2D eigenvalue weighted by Crippen LogP contribution is -2.61. The number of ketones is 6. The highest BCUT2D eigenvalue weighted by atomic mass is 16.4. The molecule has 0 spiro atoms. The predicted octanol–water partition coefficient (Wildman–Crippen LogP) is 11.0. The maximum absolute atomic E-state index is 15.0. The number of hydrogen-bond acceptors (Lipinski definition) is 9. The summed E-state index contributed by atoms with van der Waals surface area (Å²) in [6, 6.07) is 3.39. The van der Waals surface area contributed by atoms with E-state index in [0.29, 0.717) is 72.4 Å². The zero-order chi connectivity index (χ0) is 50.1. The van der Waals surface area contributed by atoms with E-state index in [1.165, 1.54) is 6.92 Å². The number of carbonyl (C=O) groups is 6. The van der Waals surface area contributed by atoms with Crippen LogP contribution in [0.5, 0.6) is 0 Å². The van der Waals surface area contributed by atoms with Gasteiger partial charge in [0, 0.05) is 76.2 Å². The van der Waals surface area contributed by atoms with Crippen molar-refractivity contribution in [2.45, 2.75) is 166 Å². The second-order valence-electron chi connectivity index (χ2n) is 24.9. The van der Waals surface area contributed by atoms with Gasteiger partial charge in [0.25, 0.3) is 0 Å². The SMILES string of the molecule is CC(=O)[C@@H]1CC([C@]2(O)C(=O)C[C@H]3[C@@]4(C)CCC(=O)C(C)(C)[C@@H]4CC[C@@]32C)=C[C@@H](/C=C(\C)c2ccc(C)c(=O)o2)[C@H]1C(=O)/C(C)=C/C=C/C(C)=C1\C(=O)C[C@H]2[C@@]3(C)CCC(=O)C(C)(C)[C@H]3CC[C@]12C. The molecule has 1 aromatic heterocycles. The molecule has 68 heavy (non-hydrogen) atoms. The van der Waals surface area contributed by atoms with E-state index in [4.69, 9.17) is 4.42 Å². The molecule has 0 radical (unpaired) electrons. The normalized spacial score (nSPS) is 40.9. The van der Waals surface area contributed by atoms with Crippen molar-refractivity contribution in [3.05, 3.63) is 86.5 Å². The van der Waals surface area contributed by atoms with Crippen molar-refractivity contribution < 1.29 is 38.3 Å². The molecule has 9 nitrogen and oxygen atoms in total. The van der Waals surface area contributed by atoms with Crippen molar-refractivity contribution in [1.82, 2.24) is 0 Å². The Hall–Kier alpha value is -4.37. The number of fused-ring (bicyclic) bond motifs is 6. The third kappa shape index (κ3) is 7.18. The molecule has 366 valence electrons. The van der Waals surface area contributed by atoms with Crippen LogP contribution in [0.1, 0.15) is 165 Å². The van der Waals surface area contributed by atoms with Crippen LogP contribution in [0, 0.1) is 80.8 Å². The molecule has 0 saturated heterocycles. The Morgan fingerprint density at radius 1 is 0.721 bits per heavy atom. The van der Waals surface area contributed by atoms with E-state index in [9.17, 15) is 33.9 Å². The minimum absolute atomic E-state index is 0.0325. The molecule has 0 bridgehead atoms. The molecule has 0 aliphatic heterocycles. The van der Waals surface area contributed by atoms with E-state index in [2.05, 4.69) is 34.6 Å². The standard InChI is InChI=1S/C59H76O9/c1-32(50-40(61)30-44-55(10)24-21-46(62)53(6,7)42(55)19-23-57(44,50)12)15-14-16-33(2)51(65)49-37(27-35(4)41-18-17-34(3)52(66)68-41)28-38(29-39(49)36(5)60)59(67)48(64)31-45-56(11)25-22-47(63)54(8,9)43(56)20-26-58(45,59)13/h14-18,27-28,37,39,42-45,49,67H,19-26,29-31H2,1-13H3/b15-14+,33-16+,35-27+,50-32+/t37-,39+,42-,43+,44+,45+,49-,55+,56+,57+,58+,59+/m1/s1. The lowest BCUT2D eigenvalue weighted by atomic mass is 9.42. The highest BCUT2D eigenvalue weighted by Gasteiger charge is 2.72. The van der Waals surface area contributed by atoms with Gasteiger partial charge in [-0.05, 0) is 148 Å². The van der Waals surface area contributed by atoms with E-state index in [-0.39, 0.29) is 81.7 Å². The minimum Gasteiger partial charge on any atom is -0.423 e. The van der Waals surface area contributed by atoms with E-state index in [0.717, 1.165) is 30.4 Å². The van der Waals surface area contributed by atoms with Crippen LogP contribution in [0.25, 0.3) is 5.57 Å². The molecule has 0 aromatic carbocycles. The highest BCUT2D eigenvalue weighted by Crippen LogP contribution is 2.72. The molecule has 8 rings (SSSR count). The first kappa shape index (κ1) is 50.0. The van der Waals surface area contributed by atoms with Gasteiger partial charge in [-0.3, -0.25) is 28.8 Å². The molecule has 7 aliphatic carbocycles. The van der Waals surface area contributed by atoms with Crippen LogP contribution in [0.3, 0.4) is 0 Å². The fraction of sp³-hybridized carbons (Fsp3) is 0.644. The van der Waals surface area contributed by atoms with Crippen LogP contribution in [-0.4, -0.2) is 45.4 Å². The van der Waals surface area contributed by atoms with E-state index < -0.39 is 45.2 Å². The fourth-order valence-corrected chi connectivity index (χ4v) is 16.9. The lowest BCUT2D eigenvalue weighted by Gasteiger charge is -2.62. The summed E-state index contributed by atoms with van der Waals surface area (Å²) in [6.07, 6.45) is 15.2. The first-order valence-electron chi connectivity index (χ1n) is 25.5. The van der Waals surface area contributed by atoms with Crippen LogP contribution in [-0.2, 0) is 28.8 Å². The summed E-state index contributed by atoms with van der Waals surface area (Å²) in [5.74, 6) is -2.05. The van der Waals surface area contributed by atoms with Crippen LogP contribution < -0.4 is 5.63 Å². The molecular formula is C59H76O9. The Labute approximate surface area is 403 Å². The average molecular weight is 929 g/mol. The number of aryl methyl sites for hydroxylation is 1. The third-order valence-corrected chi connectivity index (χ3v) is 20.7. The quantitative estimate of drug-likeness (QED) is 0.152. The van der Waals surface area contributed by atoms with Crippen LogP contribution in [0.15, 0.2) is 74.0 Å². The smallest absolute Gasteiger partial charge is 0.339 e. The topological polar surface area (TPSA) is 153 Å². The third-order valence-electron chi connectivity index (χ3n) is 20.7. The summed E-state index contributed by atoms with van der Waals surface area (Å²) in [4.78, 5) is 96.8.